The second-order valence-electron chi connectivity index (χ2n) is 3.61. The van der Waals surface area contributed by atoms with Gasteiger partial charge in [0.15, 0.2) is 0 Å². The lowest BCUT2D eigenvalue weighted by Gasteiger charge is -2.24. The van der Waals surface area contributed by atoms with Crippen LogP contribution in [0.2, 0.25) is 0 Å². The van der Waals surface area contributed by atoms with Gasteiger partial charge in [-0.1, -0.05) is 12.0 Å². The van der Waals surface area contributed by atoms with E-state index in [1.165, 1.54) is 4.68 Å². The molecule has 0 fully saturated rings. The van der Waals surface area contributed by atoms with Gasteiger partial charge in [-0.05, 0) is 10.4 Å². The third-order valence-corrected chi connectivity index (χ3v) is 2.06. The normalized spacial score (nSPS) is 11.7. The van der Waals surface area contributed by atoms with Crippen molar-refractivity contribution >= 4 is 5.95 Å². The van der Waals surface area contributed by atoms with Crippen LogP contribution in [-0.2, 0) is 7.05 Å². The first-order chi connectivity index (χ1) is 6.61. The summed E-state index contributed by atoms with van der Waals surface area (Å²) in [6.45, 7) is 1.99. The molecule has 0 bridgehead atoms. The second-order valence-corrected chi connectivity index (χ2v) is 3.61. The van der Waals surface area contributed by atoms with Gasteiger partial charge in [-0.3, -0.25) is 0 Å². The molecule has 0 saturated carbocycles. The summed E-state index contributed by atoms with van der Waals surface area (Å²) in [5.74, 6) is 0.512. The van der Waals surface area contributed by atoms with Crippen LogP contribution in [0.15, 0.2) is 0 Å². The Balaban J connectivity index is 2.52. The number of nitrogens with zero attached hydrogens (tertiary/aromatic N) is 4. The van der Waals surface area contributed by atoms with Crippen molar-refractivity contribution in [1.82, 2.24) is 20.2 Å². The van der Waals surface area contributed by atoms with Crippen LogP contribution in [0.5, 0.6) is 0 Å². The van der Waals surface area contributed by atoms with Gasteiger partial charge in [0.25, 0.3) is 0 Å². The lowest BCUT2D eigenvalue weighted by atomic mass is 9.93. The Hall–Kier alpha value is -1.21. The van der Waals surface area contributed by atoms with E-state index in [1.807, 2.05) is 0 Å². The van der Waals surface area contributed by atoms with Crippen LogP contribution in [0.4, 0.5) is 5.95 Å². The average molecular weight is 201 g/mol. The molecule has 0 aliphatic heterocycles. The third-order valence-electron chi connectivity index (χ3n) is 2.06. The van der Waals surface area contributed by atoms with E-state index >= 15 is 0 Å². The first-order valence-electron chi connectivity index (χ1n) is 4.29. The summed E-state index contributed by atoms with van der Waals surface area (Å²) in [4.78, 5) is 0. The van der Waals surface area contributed by atoms with Gasteiger partial charge in [0.1, 0.15) is 0 Å². The van der Waals surface area contributed by atoms with Crippen LogP contribution >= 0.6 is 0 Å². The van der Waals surface area contributed by atoms with Gasteiger partial charge >= 0.3 is 0 Å². The van der Waals surface area contributed by atoms with E-state index in [4.69, 9.17) is 10.2 Å². The first-order valence-corrected chi connectivity index (χ1v) is 4.29. The molecule has 1 aromatic rings. The van der Waals surface area contributed by atoms with Crippen LogP contribution in [0.3, 0.4) is 0 Å². The van der Waals surface area contributed by atoms with Crippen molar-refractivity contribution in [3.05, 3.63) is 0 Å². The smallest absolute Gasteiger partial charge is 0.242 e. The minimum absolute atomic E-state index is 0.0955. The van der Waals surface area contributed by atoms with Crippen LogP contribution in [0.1, 0.15) is 6.92 Å². The number of aliphatic hydroxyl groups is 2. The first kappa shape index (κ1) is 10.9. The van der Waals surface area contributed by atoms with E-state index in [1.54, 1.807) is 14.0 Å². The molecule has 0 aliphatic rings. The Kier molecular flexibility index (Phi) is 3.37. The van der Waals surface area contributed by atoms with E-state index in [0.29, 0.717) is 12.5 Å². The molecule has 0 atom stereocenters. The summed E-state index contributed by atoms with van der Waals surface area (Å²) in [6.07, 6.45) is 0. The summed E-state index contributed by atoms with van der Waals surface area (Å²) in [5.41, 5.74) is -0.564. The predicted octanol–water partition coefficient (Wildman–Crippen LogP) is -1.39. The van der Waals surface area contributed by atoms with Crippen molar-refractivity contribution in [2.45, 2.75) is 6.92 Å². The molecule has 14 heavy (non-hydrogen) atoms. The number of anilines is 1. The number of aromatic nitrogens is 4. The number of hydrogen-bond donors (Lipinski definition) is 3. The molecule has 0 saturated heterocycles. The van der Waals surface area contributed by atoms with Crippen LogP contribution < -0.4 is 5.32 Å². The molecule has 0 aliphatic carbocycles. The average Bonchev–Trinajstić information content (AvgIpc) is 2.61. The summed E-state index contributed by atoms with van der Waals surface area (Å²) in [5, 5.41) is 31.8. The molecule has 0 spiro atoms. The van der Waals surface area contributed by atoms with Gasteiger partial charge in [0.05, 0.1) is 13.2 Å². The van der Waals surface area contributed by atoms with E-state index < -0.39 is 5.41 Å². The lowest BCUT2D eigenvalue weighted by Crippen LogP contribution is -2.34. The van der Waals surface area contributed by atoms with Crippen molar-refractivity contribution in [3.63, 3.8) is 0 Å². The van der Waals surface area contributed by atoms with Gasteiger partial charge in [-0.25, -0.2) is 4.68 Å². The van der Waals surface area contributed by atoms with Crippen molar-refractivity contribution < 1.29 is 10.2 Å². The molecular formula is C7H15N5O2. The fraction of sp³-hybridized carbons (Fsp3) is 0.857. The van der Waals surface area contributed by atoms with Gasteiger partial charge in [0.2, 0.25) is 5.95 Å². The van der Waals surface area contributed by atoms with Gasteiger partial charge < -0.3 is 15.5 Å². The molecule has 1 heterocycles. The number of rotatable bonds is 5. The highest BCUT2D eigenvalue weighted by atomic mass is 16.3. The topological polar surface area (TPSA) is 96.1 Å². The molecule has 1 aromatic heterocycles. The minimum Gasteiger partial charge on any atom is -0.396 e. The van der Waals surface area contributed by atoms with E-state index in [0.717, 1.165) is 0 Å². The summed E-state index contributed by atoms with van der Waals surface area (Å²) in [6, 6.07) is 0. The minimum atomic E-state index is -0.564. The zero-order valence-electron chi connectivity index (χ0n) is 8.30. The van der Waals surface area contributed by atoms with Crippen molar-refractivity contribution in [2.75, 3.05) is 25.1 Å². The monoisotopic (exact) mass is 201 g/mol. The highest BCUT2D eigenvalue weighted by Crippen LogP contribution is 2.14. The molecular weight excluding hydrogens is 186 g/mol. The van der Waals surface area contributed by atoms with Crippen molar-refractivity contribution in [1.29, 1.82) is 0 Å². The van der Waals surface area contributed by atoms with Gasteiger partial charge in [0, 0.05) is 19.0 Å². The molecule has 0 amide bonds. The molecule has 0 aromatic carbocycles. The van der Waals surface area contributed by atoms with Crippen LogP contribution in [0.25, 0.3) is 0 Å². The molecule has 3 N–H and O–H groups in total. The highest BCUT2D eigenvalue weighted by Gasteiger charge is 2.22. The number of hydrogen-bond acceptors (Lipinski definition) is 6. The quantitative estimate of drug-likeness (QED) is 0.543. The molecule has 0 unspecified atom stereocenters. The largest absolute Gasteiger partial charge is 0.396 e. The number of aryl methyl sites for hydroxylation is 1. The Labute approximate surface area is 81.7 Å². The Morgan fingerprint density at radius 3 is 2.50 bits per heavy atom. The van der Waals surface area contributed by atoms with Gasteiger partial charge in [-0.2, -0.15) is 0 Å². The zero-order chi connectivity index (χ0) is 10.6. The van der Waals surface area contributed by atoms with E-state index in [9.17, 15) is 0 Å². The molecule has 7 nitrogen and oxygen atoms in total. The maximum atomic E-state index is 9.02. The third kappa shape index (κ3) is 2.39. The Bertz CT molecular complexity index is 283. The molecule has 80 valence electrons. The molecule has 0 radical (unpaired) electrons. The van der Waals surface area contributed by atoms with Crippen molar-refractivity contribution in [2.24, 2.45) is 12.5 Å². The summed E-state index contributed by atoms with van der Waals surface area (Å²) < 4.78 is 1.48. The van der Waals surface area contributed by atoms with E-state index in [-0.39, 0.29) is 13.2 Å². The Morgan fingerprint density at radius 2 is 2.07 bits per heavy atom. The van der Waals surface area contributed by atoms with Crippen LogP contribution in [-0.4, -0.2) is 50.2 Å². The molecule has 7 heteroatoms. The summed E-state index contributed by atoms with van der Waals surface area (Å²) >= 11 is 0. The van der Waals surface area contributed by atoms with Gasteiger partial charge in [-0.15, -0.1) is 0 Å². The number of nitrogens with one attached hydrogen (secondary N) is 1. The predicted molar refractivity (Wildman–Crippen MR) is 49.6 cm³/mol. The highest BCUT2D eigenvalue weighted by molar-refractivity contribution is 5.21. The standard InChI is InChI=1S/C7H15N5O2/c1-7(4-13,5-14)3-8-6-9-10-11-12(6)2/h13-14H,3-5H2,1-2H3,(H,8,9,11). The zero-order valence-corrected chi connectivity index (χ0v) is 8.30. The van der Waals surface area contributed by atoms with E-state index in [2.05, 4.69) is 20.8 Å². The fourth-order valence-electron chi connectivity index (χ4n) is 0.833. The van der Waals surface area contributed by atoms with Crippen LogP contribution in [0, 0.1) is 5.41 Å². The number of aliphatic hydroxyl groups excluding tert-OH is 2. The fourth-order valence-corrected chi connectivity index (χ4v) is 0.833. The number of tetrazole rings is 1. The maximum absolute atomic E-state index is 9.02. The second kappa shape index (κ2) is 4.34. The Morgan fingerprint density at radius 1 is 1.43 bits per heavy atom. The SMILES string of the molecule is Cn1nnnc1NCC(C)(CO)CO. The molecule has 1 rings (SSSR count). The summed E-state index contributed by atoms with van der Waals surface area (Å²) in [7, 11) is 1.71. The maximum Gasteiger partial charge on any atom is 0.242 e. The lowest BCUT2D eigenvalue weighted by molar-refractivity contribution is 0.0804. The van der Waals surface area contributed by atoms with Crippen molar-refractivity contribution in [3.8, 4) is 0 Å².